The average Bonchev–Trinajstić information content (AvgIpc) is 2.91. The van der Waals surface area contributed by atoms with Crippen LogP contribution in [0.25, 0.3) is 0 Å². The first kappa shape index (κ1) is 14.7. The second kappa shape index (κ2) is 6.17. The van der Waals surface area contributed by atoms with E-state index in [2.05, 4.69) is 10.1 Å². The molecule has 0 amide bonds. The molecule has 108 valence electrons. The number of benzene rings is 1. The van der Waals surface area contributed by atoms with Gasteiger partial charge in [0.2, 0.25) is 0 Å². The van der Waals surface area contributed by atoms with E-state index in [-0.39, 0.29) is 11.8 Å². The standard InChI is InChI=1S/C14H14F3NOS/c1-10(13-3-2-8-20-13)18-11-4-6-12(7-5-11)19-9-14(15,16)17/h2-8,10,18H,9H2,1H3. The molecular weight excluding hydrogens is 287 g/mol. The summed E-state index contributed by atoms with van der Waals surface area (Å²) in [6, 6.07) is 10.6. The van der Waals surface area contributed by atoms with Crippen molar-refractivity contribution in [2.24, 2.45) is 0 Å². The summed E-state index contributed by atoms with van der Waals surface area (Å²) >= 11 is 1.65. The van der Waals surface area contributed by atoms with Crippen LogP contribution in [0.15, 0.2) is 41.8 Å². The molecule has 0 aliphatic rings. The minimum Gasteiger partial charge on any atom is -0.484 e. The summed E-state index contributed by atoms with van der Waals surface area (Å²) in [4.78, 5) is 1.20. The molecule has 0 spiro atoms. The number of thiophene rings is 1. The van der Waals surface area contributed by atoms with Crippen molar-refractivity contribution in [3.8, 4) is 5.75 Å². The van der Waals surface area contributed by atoms with Gasteiger partial charge in [0.15, 0.2) is 6.61 Å². The zero-order valence-electron chi connectivity index (χ0n) is 10.8. The lowest BCUT2D eigenvalue weighted by Gasteiger charge is -2.14. The van der Waals surface area contributed by atoms with Gasteiger partial charge in [0, 0.05) is 10.6 Å². The molecule has 2 rings (SSSR count). The fraction of sp³-hybridized carbons (Fsp3) is 0.286. The van der Waals surface area contributed by atoms with Crippen LogP contribution in [0.4, 0.5) is 18.9 Å². The molecule has 0 saturated heterocycles. The molecule has 0 bridgehead atoms. The molecule has 6 heteroatoms. The molecule has 1 unspecified atom stereocenters. The SMILES string of the molecule is CC(Nc1ccc(OCC(F)(F)F)cc1)c1cccs1. The van der Waals surface area contributed by atoms with Gasteiger partial charge in [0.25, 0.3) is 0 Å². The summed E-state index contributed by atoms with van der Waals surface area (Å²) in [7, 11) is 0. The fourth-order valence-corrected chi connectivity index (χ4v) is 2.41. The lowest BCUT2D eigenvalue weighted by atomic mass is 10.2. The Labute approximate surface area is 119 Å². The molecule has 1 aromatic heterocycles. The second-order valence-electron chi connectivity index (χ2n) is 4.31. The van der Waals surface area contributed by atoms with E-state index in [1.54, 1.807) is 23.5 Å². The number of hydrogen-bond donors (Lipinski definition) is 1. The lowest BCUT2D eigenvalue weighted by Crippen LogP contribution is -2.19. The van der Waals surface area contributed by atoms with Gasteiger partial charge in [-0.1, -0.05) is 6.07 Å². The summed E-state index contributed by atoms with van der Waals surface area (Å²) in [5.41, 5.74) is 0.838. The van der Waals surface area contributed by atoms with Crippen LogP contribution in [-0.4, -0.2) is 12.8 Å². The van der Waals surface area contributed by atoms with Crippen LogP contribution >= 0.6 is 11.3 Å². The molecule has 0 aliphatic carbocycles. The van der Waals surface area contributed by atoms with Crippen LogP contribution in [-0.2, 0) is 0 Å². The molecule has 0 radical (unpaired) electrons. The summed E-state index contributed by atoms with van der Waals surface area (Å²) in [6.45, 7) is 0.755. The first-order chi connectivity index (χ1) is 9.44. The Morgan fingerprint density at radius 3 is 2.45 bits per heavy atom. The predicted octanol–water partition coefficient (Wildman–Crippen LogP) is 4.86. The molecule has 0 aliphatic heterocycles. The third-order valence-electron chi connectivity index (χ3n) is 2.61. The number of nitrogens with one attached hydrogen (secondary N) is 1. The van der Waals surface area contributed by atoms with Crippen molar-refractivity contribution in [1.82, 2.24) is 0 Å². The normalized spacial score (nSPS) is 13.0. The van der Waals surface area contributed by atoms with E-state index in [0.29, 0.717) is 0 Å². The van der Waals surface area contributed by atoms with Crippen molar-refractivity contribution in [1.29, 1.82) is 0 Å². The first-order valence-electron chi connectivity index (χ1n) is 6.03. The van der Waals surface area contributed by atoms with Gasteiger partial charge in [-0.3, -0.25) is 0 Å². The monoisotopic (exact) mass is 301 g/mol. The van der Waals surface area contributed by atoms with Crippen molar-refractivity contribution < 1.29 is 17.9 Å². The average molecular weight is 301 g/mol. The number of ether oxygens (including phenoxy) is 1. The molecule has 0 fully saturated rings. The van der Waals surface area contributed by atoms with Gasteiger partial charge in [-0.15, -0.1) is 11.3 Å². The Morgan fingerprint density at radius 2 is 1.90 bits per heavy atom. The highest BCUT2D eigenvalue weighted by Crippen LogP contribution is 2.25. The Kier molecular flexibility index (Phi) is 4.54. The Balaban J connectivity index is 1.91. The van der Waals surface area contributed by atoms with E-state index < -0.39 is 12.8 Å². The Hall–Kier alpha value is -1.69. The van der Waals surface area contributed by atoms with E-state index >= 15 is 0 Å². The van der Waals surface area contributed by atoms with Gasteiger partial charge < -0.3 is 10.1 Å². The molecule has 1 atom stereocenters. The van der Waals surface area contributed by atoms with Crippen LogP contribution in [0.3, 0.4) is 0 Å². The third kappa shape index (κ3) is 4.45. The van der Waals surface area contributed by atoms with Crippen molar-refractivity contribution >= 4 is 17.0 Å². The molecular formula is C14H14F3NOS. The summed E-state index contributed by atoms with van der Waals surface area (Å²) in [5.74, 6) is 0.205. The quantitative estimate of drug-likeness (QED) is 0.851. The molecule has 1 aromatic carbocycles. The number of anilines is 1. The van der Waals surface area contributed by atoms with Gasteiger partial charge in [0.05, 0.1) is 6.04 Å². The molecule has 1 heterocycles. The van der Waals surface area contributed by atoms with Gasteiger partial charge in [0.1, 0.15) is 5.75 Å². The van der Waals surface area contributed by atoms with E-state index in [1.807, 2.05) is 24.4 Å². The summed E-state index contributed by atoms with van der Waals surface area (Å²) in [6.07, 6.45) is -4.31. The first-order valence-corrected chi connectivity index (χ1v) is 6.91. The van der Waals surface area contributed by atoms with Crippen LogP contribution in [0, 0.1) is 0 Å². The topological polar surface area (TPSA) is 21.3 Å². The van der Waals surface area contributed by atoms with E-state index in [4.69, 9.17) is 0 Å². The highest BCUT2D eigenvalue weighted by Gasteiger charge is 2.28. The maximum Gasteiger partial charge on any atom is 0.422 e. The smallest absolute Gasteiger partial charge is 0.422 e. The molecule has 0 saturated carbocycles. The number of halogens is 3. The second-order valence-corrected chi connectivity index (χ2v) is 5.29. The lowest BCUT2D eigenvalue weighted by molar-refractivity contribution is -0.153. The van der Waals surface area contributed by atoms with Crippen LogP contribution in [0.1, 0.15) is 17.8 Å². The van der Waals surface area contributed by atoms with Gasteiger partial charge in [-0.25, -0.2) is 0 Å². The largest absolute Gasteiger partial charge is 0.484 e. The maximum absolute atomic E-state index is 12.0. The van der Waals surface area contributed by atoms with Crippen molar-refractivity contribution in [3.05, 3.63) is 46.7 Å². The van der Waals surface area contributed by atoms with E-state index in [0.717, 1.165) is 5.69 Å². The number of rotatable bonds is 5. The zero-order valence-corrected chi connectivity index (χ0v) is 11.6. The highest BCUT2D eigenvalue weighted by atomic mass is 32.1. The number of alkyl halides is 3. The molecule has 2 nitrogen and oxygen atoms in total. The summed E-state index contributed by atoms with van der Waals surface area (Å²) < 4.78 is 40.7. The minimum atomic E-state index is -4.31. The van der Waals surface area contributed by atoms with E-state index in [1.165, 1.54) is 17.0 Å². The Morgan fingerprint density at radius 1 is 1.20 bits per heavy atom. The van der Waals surface area contributed by atoms with Crippen LogP contribution < -0.4 is 10.1 Å². The predicted molar refractivity (Wildman–Crippen MR) is 74.3 cm³/mol. The highest BCUT2D eigenvalue weighted by molar-refractivity contribution is 7.10. The minimum absolute atomic E-state index is 0.150. The molecule has 2 aromatic rings. The van der Waals surface area contributed by atoms with Crippen molar-refractivity contribution in [3.63, 3.8) is 0 Å². The van der Waals surface area contributed by atoms with Gasteiger partial charge in [-0.05, 0) is 42.6 Å². The Bertz CT molecular complexity index is 522. The molecule has 20 heavy (non-hydrogen) atoms. The zero-order chi connectivity index (χ0) is 14.6. The van der Waals surface area contributed by atoms with Crippen LogP contribution in [0.2, 0.25) is 0 Å². The maximum atomic E-state index is 12.0. The van der Waals surface area contributed by atoms with E-state index in [9.17, 15) is 13.2 Å². The van der Waals surface area contributed by atoms with Gasteiger partial charge in [-0.2, -0.15) is 13.2 Å². The van der Waals surface area contributed by atoms with Crippen LogP contribution in [0.5, 0.6) is 5.75 Å². The third-order valence-corrected chi connectivity index (χ3v) is 3.66. The van der Waals surface area contributed by atoms with Crippen molar-refractivity contribution in [2.75, 3.05) is 11.9 Å². The summed E-state index contributed by atoms with van der Waals surface area (Å²) in [5, 5.41) is 5.28. The van der Waals surface area contributed by atoms with Gasteiger partial charge >= 0.3 is 6.18 Å². The molecule has 1 N–H and O–H groups in total. The van der Waals surface area contributed by atoms with Crippen molar-refractivity contribution in [2.45, 2.75) is 19.1 Å². The fourth-order valence-electron chi connectivity index (χ4n) is 1.67. The number of hydrogen-bond acceptors (Lipinski definition) is 3.